The van der Waals surface area contributed by atoms with Crippen LogP contribution in [0.15, 0.2) is 54.6 Å². The van der Waals surface area contributed by atoms with Crippen molar-refractivity contribution in [2.45, 2.75) is 31.2 Å². The van der Waals surface area contributed by atoms with Crippen molar-refractivity contribution in [3.8, 4) is 5.69 Å². The first-order valence-electron chi connectivity index (χ1n) is 11.8. The van der Waals surface area contributed by atoms with Gasteiger partial charge in [-0.25, -0.2) is 13.9 Å². The van der Waals surface area contributed by atoms with Crippen molar-refractivity contribution in [3.05, 3.63) is 77.2 Å². The van der Waals surface area contributed by atoms with Gasteiger partial charge in [-0.15, -0.1) is 0 Å². The van der Waals surface area contributed by atoms with Gasteiger partial charge < -0.3 is 10.1 Å². The Morgan fingerprint density at radius 3 is 2.79 bits per heavy atom. The van der Waals surface area contributed by atoms with E-state index in [0.717, 1.165) is 50.2 Å². The van der Waals surface area contributed by atoms with Crippen LogP contribution in [0, 0.1) is 5.82 Å². The summed E-state index contributed by atoms with van der Waals surface area (Å²) in [5, 5.41) is 10.9. The Hall–Kier alpha value is -3.23. The summed E-state index contributed by atoms with van der Waals surface area (Å²) in [6, 6.07) is 16.3. The summed E-state index contributed by atoms with van der Waals surface area (Å²) in [7, 11) is 1.70. The fraction of sp³-hybridized carbons (Fsp3) is 0.385. The number of aryl methyl sites for hydroxylation is 1. The zero-order valence-electron chi connectivity index (χ0n) is 19.3. The number of urea groups is 1. The molecule has 0 radical (unpaired) electrons. The summed E-state index contributed by atoms with van der Waals surface area (Å²) in [5.41, 5.74) is 3.80. The first-order valence-corrected chi connectivity index (χ1v) is 11.8. The third-order valence-electron chi connectivity index (χ3n) is 6.74. The van der Waals surface area contributed by atoms with E-state index >= 15 is 0 Å². The number of nitrogens with one attached hydrogen (secondary N) is 2. The lowest BCUT2D eigenvalue weighted by Crippen LogP contribution is -2.42. The highest BCUT2D eigenvalue weighted by Gasteiger charge is 2.35. The van der Waals surface area contributed by atoms with Gasteiger partial charge in [0.1, 0.15) is 11.6 Å². The van der Waals surface area contributed by atoms with Gasteiger partial charge in [0.25, 0.3) is 0 Å². The lowest BCUT2D eigenvalue weighted by atomic mass is 9.94. The summed E-state index contributed by atoms with van der Waals surface area (Å²) in [6.45, 7) is 3.07. The molecule has 2 amide bonds. The Kier molecular flexibility index (Phi) is 6.60. The molecule has 8 heteroatoms. The van der Waals surface area contributed by atoms with Gasteiger partial charge in [-0.05, 0) is 43.0 Å². The molecule has 7 nitrogen and oxygen atoms in total. The number of halogens is 1. The lowest BCUT2D eigenvalue weighted by molar-refractivity contribution is 0.159. The van der Waals surface area contributed by atoms with Crippen LogP contribution < -0.4 is 10.6 Å². The van der Waals surface area contributed by atoms with Crippen molar-refractivity contribution in [2.75, 3.05) is 38.7 Å². The van der Waals surface area contributed by atoms with Crippen LogP contribution in [0.2, 0.25) is 0 Å². The zero-order valence-corrected chi connectivity index (χ0v) is 19.3. The Labute approximate surface area is 198 Å². The van der Waals surface area contributed by atoms with Crippen molar-refractivity contribution < 1.29 is 13.9 Å². The number of hydrogen-bond donors (Lipinski definition) is 2. The van der Waals surface area contributed by atoms with Gasteiger partial charge in [0.2, 0.25) is 0 Å². The zero-order chi connectivity index (χ0) is 23.5. The average molecular weight is 464 g/mol. The molecule has 2 atom stereocenters. The van der Waals surface area contributed by atoms with Gasteiger partial charge >= 0.3 is 6.03 Å². The molecule has 1 aliphatic heterocycles. The number of nitrogens with zero attached hydrogens (tertiary/aromatic N) is 3. The monoisotopic (exact) mass is 463 g/mol. The molecule has 0 saturated carbocycles. The molecular formula is C26H30FN5O2. The Morgan fingerprint density at radius 2 is 2.00 bits per heavy atom. The number of ether oxygens (including phenoxy) is 1. The third-order valence-corrected chi connectivity index (χ3v) is 6.74. The largest absolute Gasteiger partial charge is 0.383 e. The summed E-state index contributed by atoms with van der Waals surface area (Å²) < 4.78 is 20.8. The number of methoxy groups -OCH3 is 1. The highest BCUT2D eigenvalue weighted by molar-refractivity contribution is 5.90. The van der Waals surface area contributed by atoms with E-state index in [9.17, 15) is 9.18 Å². The molecule has 2 N–H and O–H groups in total. The molecule has 2 aromatic carbocycles. The number of amides is 2. The van der Waals surface area contributed by atoms with Crippen LogP contribution in [0.3, 0.4) is 0 Å². The number of likely N-dealkylation sites (tertiary alicyclic amines) is 1. The smallest absolute Gasteiger partial charge is 0.320 e. The predicted molar refractivity (Wildman–Crippen MR) is 129 cm³/mol. The Morgan fingerprint density at radius 1 is 1.15 bits per heavy atom. The van der Waals surface area contributed by atoms with Crippen LogP contribution in [0.1, 0.15) is 29.2 Å². The van der Waals surface area contributed by atoms with Gasteiger partial charge in [-0.1, -0.05) is 36.4 Å². The number of anilines is 1. The fourth-order valence-electron chi connectivity index (χ4n) is 5.10. The van der Waals surface area contributed by atoms with Gasteiger partial charge in [-0.2, -0.15) is 5.10 Å². The number of carbonyl (C=O) groups is 1. The molecule has 1 aromatic heterocycles. The maximum atomic E-state index is 13.9. The number of hydrogen-bond acceptors (Lipinski definition) is 4. The molecule has 178 valence electrons. The molecule has 1 fully saturated rings. The molecule has 0 unspecified atom stereocenters. The number of benzene rings is 2. The van der Waals surface area contributed by atoms with E-state index in [4.69, 9.17) is 4.74 Å². The van der Waals surface area contributed by atoms with Crippen molar-refractivity contribution in [2.24, 2.45) is 0 Å². The minimum Gasteiger partial charge on any atom is -0.383 e. The van der Waals surface area contributed by atoms with Crippen LogP contribution in [0.25, 0.3) is 5.69 Å². The minimum absolute atomic E-state index is 0.0437. The van der Waals surface area contributed by atoms with Gasteiger partial charge in [-0.3, -0.25) is 10.2 Å². The normalized spacial score (nSPS) is 19.8. The van der Waals surface area contributed by atoms with Crippen molar-refractivity contribution >= 4 is 11.8 Å². The van der Waals surface area contributed by atoms with Gasteiger partial charge in [0, 0.05) is 38.2 Å². The number of rotatable bonds is 7. The maximum Gasteiger partial charge on any atom is 0.320 e. The minimum atomic E-state index is -0.337. The molecule has 0 spiro atoms. The summed E-state index contributed by atoms with van der Waals surface area (Å²) in [5.74, 6) is 0.472. The highest BCUT2D eigenvalue weighted by atomic mass is 19.1. The van der Waals surface area contributed by atoms with Crippen LogP contribution >= 0.6 is 0 Å². The van der Waals surface area contributed by atoms with Crippen LogP contribution in [0.5, 0.6) is 0 Å². The number of carbonyl (C=O) groups excluding carboxylic acids is 1. The van der Waals surface area contributed by atoms with E-state index in [2.05, 4.69) is 32.8 Å². The van der Waals surface area contributed by atoms with Crippen LogP contribution in [0.4, 0.5) is 15.0 Å². The first-order chi connectivity index (χ1) is 16.6. The van der Waals surface area contributed by atoms with Crippen molar-refractivity contribution in [1.82, 2.24) is 20.0 Å². The van der Waals surface area contributed by atoms with E-state index in [-0.39, 0.29) is 23.8 Å². The quantitative estimate of drug-likeness (QED) is 0.560. The molecule has 1 saturated heterocycles. The van der Waals surface area contributed by atoms with E-state index in [1.165, 1.54) is 17.7 Å². The van der Waals surface area contributed by atoms with E-state index in [0.29, 0.717) is 18.1 Å². The molecule has 2 aliphatic rings. The molecule has 3 aromatic rings. The van der Waals surface area contributed by atoms with E-state index in [1.807, 2.05) is 18.2 Å². The molecule has 1 aliphatic carbocycles. The van der Waals surface area contributed by atoms with E-state index < -0.39 is 0 Å². The molecule has 34 heavy (non-hydrogen) atoms. The third kappa shape index (κ3) is 4.69. The lowest BCUT2D eigenvalue weighted by Gasteiger charge is -2.21. The van der Waals surface area contributed by atoms with E-state index in [1.54, 1.807) is 23.9 Å². The standard InChI is InChI=1S/C26H30FN5O2/c1-34-14-13-31-16-22(18-7-3-2-4-8-18)24(17-31)28-26(33)29-25-21-11-6-12-23(21)30-32(25)20-10-5-9-19(27)15-20/h2-5,7-10,15,22,24H,6,11-14,16-17H2,1H3,(H2,28,29,33)/t22-,24+/m0/s1. The number of fused-ring (bicyclic) bond motifs is 1. The average Bonchev–Trinajstić information content (AvgIpc) is 3.54. The molecule has 5 rings (SSSR count). The Bertz CT molecular complexity index is 1150. The van der Waals surface area contributed by atoms with Gasteiger partial charge in [0.15, 0.2) is 0 Å². The molecule has 2 heterocycles. The topological polar surface area (TPSA) is 71.4 Å². The number of aromatic nitrogens is 2. The molecular weight excluding hydrogens is 433 g/mol. The second-order valence-corrected chi connectivity index (χ2v) is 8.99. The maximum absolute atomic E-state index is 13.9. The van der Waals surface area contributed by atoms with Crippen LogP contribution in [-0.2, 0) is 17.6 Å². The second kappa shape index (κ2) is 9.95. The summed E-state index contributed by atoms with van der Waals surface area (Å²) >= 11 is 0. The Balaban J connectivity index is 1.36. The van der Waals surface area contributed by atoms with Crippen molar-refractivity contribution in [1.29, 1.82) is 0 Å². The fourth-order valence-corrected chi connectivity index (χ4v) is 5.10. The van der Waals surface area contributed by atoms with Crippen LogP contribution in [-0.4, -0.2) is 60.1 Å². The van der Waals surface area contributed by atoms with Crippen molar-refractivity contribution in [3.63, 3.8) is 0 Å². The highest BCUT2D eigenvalue weighted by Crippen LogP contribution is 2.32. The molecule has 0 bridgehead atoms. The first kappa shape index (κ1) is 22.6. The summed E-state index contributed by atoms with van der Waals surface area (Å²) in [4.78, 5) is 15.6. The predicted octanol–water partition coefficient (Wildman–Crippen LogP) is 3.74. The summed E-state index contributed by atoms with van der Waals surface area (Å²) in [6.07, 6.45) is 2.72. The van der Waals surface area contributed by atoms with Gasteiger partial charge in [0.05, 0.1) is 24.0 Å². The second-order valence-electron chi connectivity index (χ2n) is 8.99. The SMILES string of the molecule is COCCN1C[C@@H](NC(=O)Nc2c3c(nn2-c2cccc(F)c2)CCC3)[C@H](c2ccccc2)C1.